The van der Waals surface area contributed by atoms with E-state index in [0.717, 1.165) is 64.8 Å². The SMILES string of the molecule is COCCCOc1cc(CN(C(=O)[C@H]2CNCCO2)C2CC2)c(-c2cccc(OC)c2)c2ccccc12. The Balaban J connectivity index is 1.59. The molecule has 3 aromatic carbocycles. The van der Waals surface area contributed by atoms with Crippen molar-refractivity contribution in [3.05, 3.63) is 60.2 Å². The summed E-state index contributed by atoms with van der Waals surface area (Å²) in [4.78, 5) is 15.6. The Bertz CT molecular complexity index is 1220. The van der Waals surface area contributed by atoms with Gasteiger partial charge in [0.2, 0.25) is 0 Å². The first kappa shape index (κ1) is 25.5. The van der Waals surface area contributed by atoms with Crippen LogP contribution in [-0.2, 0) is 20.8 Å². The molecule has 7 nitrogen and oxygen atoms in total. The highest BCUT2D eigenvalue weighted by molar-refractivity contribution is 6.02. The molecule has 1 aliphatic heterocycles. The summed E-state index contributed by atoms with van der Waals surface area (Å²) in [6, 6.07) is 18.8. The number of fused-ring (bicyclic) bond motifs is 1. The predicted molar refractivity (Wildman–Crippen MR) is 144 cm³/mol. The molecule has 37 heavy (non-hydrogen) atoms. The number of amides is 1. The van der Waals surface area contributed by atoms with Crippen LogP contribution in [0.4, 0.5) is 0 Å². The van der Waals surface area contributed by atoms with Gasteiger partial charge in [0.05, 0.1) is 20.3 Å². The smallest absolute Gasteiger partial charge is 0.253 e. The number of hydrogen-bond acceptors (Lipinski definition) is 6. The highest BCUT2D eigenvalue weighted by Gasteiger charge is 2.37. The van der Waals surface area contributed by atoms with Gasteiger partial charge in [-0.2, -0.15) is 0 Å². The molecule has 3 aromatic rings. The van der Waals surface area contributed by atoms with Crippen molar-refractivity contribution < 1.29 is 23.7 Å². The molecular weight excluding hydrogens is 468 g/mol. The molecule has 1 aliphatic carbocycles. The molecule has 1 saturated heterocycles. The zero-order valence-electron chi connectivity index (χ0n) is 21.7. The first-order valence-corrected chi connectivity index (χ1v) is 13.1. The Morgan fingerprint density at radius 1 is 1.05 bits per heavy atom. The number of rotatable bonds is 11. The molecule has 1 N–H and O–H groups in total. The molecule has 2 fully saturated rings. The lowest BCUT2D eigenvalue weighted by atomic mass is 9.92. The van der Waals surface area contributed by atoms with Gasteiger partial charge in [-0.3, -0.25) is 4.79 Å². The van der Waals surface area contributed by atoms with E-state index in [1.165, 1.54) is 0 Å². The van der Waals surface area contributed by atoms with Gasteiger partial charge in [-0.1, -0.05) is 36.4 Å². The molecule has 2 aliphatic rings. The number of nitrogens with one attached hydrogen (secondary N) is 1. The average Bonchev–Trinajstić information content (AvgIpc) is 3.79. The fourth-order valence-corrected chi connectivity index (χ4v) is 5.01. The van der Waals surface area contributed by atoms with Crippen LogP contribution in [0, 0.1) is 0 Å². The zero-order valence-corrected chi connectivity index (χ0v) is 21.7. The monoisotopic (exact) mass is 504 g/mol. The summed E-state index contributed by atoms with van der Waals surface area (Å²) in [6.07, 6.45) is 2.40. The normalized spacial score (nSPS) is 17.5. The van der Waals surface area contributed by atoms with Crippen LogP contribution in [0.5, 0.6) is 11.5 Å². The highest BCUT2D eigenvalue weighted by atomic mass is 16.5. The van der Waals surface area contributed by atoms with E-state index < -0.39 is 6.10 Å². The fourth-order valence-electron chi connectivity index (χ4n) is 5.01. The summed E-state index contributed by atoms with van der Waals surface area (Å²) in [5.41, 5.74) is 3.20. The van der Waals surface area contributed by atoms with E-state index in [0.29, 0.717) is 32.9 Å². The first-order chi connectivity index (χ1) is 18.2. The number of carbonyl (C=O) groups is 1. The summed E-state index contributed by atoms with van der Waals surface area (Å²) in [5.74, 6) is 1.68. The third-order valence-electron chi connectivity index (χ3n) is 7.01. The van der Waals surface area contributed by atoms with E-state index in [-0.39, 0.29) is 11.9 Å². The maximum Gasteiger partial charge on any atom is 0.253 e. The summed E-state index contributed by atoms with van der Waals surface area (Å²) < 4.78 is 22.9. The lowest BCUT2D eigenvalue weighted by molar-refractivity contribution is -0.146. The van der Waals surface area contributed by atoms with Crippen molar-refractivity contribution in [2.24, 2.45) is 0 Å². The highest BCUT2D eigenvalue weighted by Crippen LogP contribution is 2.41. The number of methoxy groups -OCH3 is 2. The molecule has 7 heteroatoms. The Morgan fingerprint density at radius 3 is 2.62 bits per heavy atom. The minimum Gasteiger partial charge on any atom is -0.497 e. The van der Waals surface area contributed by atoms with Crippen molar-refractivity contribution in [1.29, 1.82) is 0 Å². The summed E-state index contributed by atoms with van der Waals surface area (Å²) >= 11 is 0. The second-order valence-corrected chi connectivity index (χ2v) is 9.64. The van der Waals surface area contributed by atoms with Gasteiger partial charge in [0.15, 0.2) is 0 Å². The maximum atomic E-state index is 13.6. The average molecular weight is 505 g/mol. The standard InChI is InChI=1S/C30H36N2O5/c1-34-14-6-15-36-27-18-22(20-32(23-11-12-23)30(33)28-19-31-13-16-37-28)29(26-10-4-3-9-25(26)27)21-7-5-8-24(17-21)35-2/h3-5,7-10,17-18,23,28,31H,6,11-16,19-20H2,1-2H3/t28-/m1/s1. The molecule has 0 radical (unpaired) electrons. The molecule has 1 amide bonds. The lowest BCUT2D eigenvalue weighted by Crippen LogP contribution is -2.49. The van der Waals surface area contributed by atoms with Gasteiger partial charge in [0.25, 0.3) is 5.91 Å². The van der Waals surface area contributed by atoms with Gasteiger partial charge in [-0.05, 0) is 53.1 Å². The van der Waals surface area contributed by atoms with Crippen LogP contribution in [0.3, 0.4) is 0 Å². The number of hydrogen-bond donors (Lipinski definition) is 1. The van der Waals surface area contributed by atoms with Gasteiger partial charge >= 0.3 is 0 Å². The van der Waals surface area contributed by atoms with Crippen LogP contribution in [0.25, 0.3) is 21.9 Å². The van der Waals surface area contributed by atoms with Crippen molar-refractivity contribution in [3.63, 3.8) is 0 Å². The largest absolute Gasteiger partial charge is 0.497 e. The molecule has 5 rings (SSSR count). The van der Waals surface area contributed by atoms with E-state index >= 15 is 0 Å². The van der Waals surface area contributed by atoms with E-state index in [2.05, 4.69) is 41.7 Å². The van der Waals surface area contributed by atoms with E-state index in [1.807, 2.05) is 23.1 Å². The number of carbonyl (C=O) groups excluding carboxylic acids is 1. The maximum absolute atomic E-state index is 13.6. The van der Waals surface area contributed by atoms with E-state index in [4.69, 9.17) is 18.9 Å². The molecule has 0 unspecified atom stereocenters. The van der Waals surface area contributed by atoms with Crippen LogP contribution < -0.4 is 14.8 Å². The zero-order chi connectivity index (χ0) is 25.6. The Morgan fingerprint density at radius 2 is 1.89 bits per heavy atom. The number of nitrogens with zero attached hydrogens (tertiary/aromatic N) is 1. The third kappa shape index (κ3) is 5.90. The first-order valence-electron chi connectivity index (χ1n) is 13.1. The molecule has 196 valence electrons. The minimum atomic E-state index is -0.445. The van der Waals surface area contributed by atoms with Crippen LogP contribution in [-0.4, -0.2) is 70.1 Å². The van der Waals surface area contributed by atoms with Gasteiger partial charge in [0, 0.05) is 51.2 Å². The Kier molecular flexibility index (Phi) is 8.24. The van der Waals surface area contributed by atoms with Crippen LogP contribution in [0.15, 0.2) is 54.6 Å². The molecular formula is C30H36N2O5. The molecule has 1 saturated carbocycles. The predicted octanol–water partition coefficient (Wildman–Crippen LogP) is 4.41. The summed E-state index contributed by atoms with van der Waals surface area (Å²) in [7, 11) is 3.38. The van der Waals surface area contributed by atoms with Crippen molar-refractivity contribution in [1.82, 2.24) is 10.2 Å². The van der Waals surface area contributed by atoms with Crippen LogP contribution >= 0.6 is 0 Å². The quantitative estimate of drug-likeness (QED) is 0.390. The fraction of sp³-hybridized carbons (Fsp3) is 0.433. The van der Waals surface area contributed by atoms with Crippen molar-refractivity contribution in [2.75, 3.05) is 47.1 Å². The Labute approximate surface area is 218 Å². The minimum absolute atomic E-state index is 0.0574. The molecule has 0 aromatic heterocycles. The number of benzene rings is 3. The van der Waals surface area contributed by atoms with Crippen molar-refractivity contribution >= 4 is 16.7 Å². The Hall–Kier alpha value is -3.13. The van der Waals surface area contributed by atoms with Crippen LogP contribution in [0.2, 0.25) is 0 Å². The van der Waals surface area contributed by atoms with Gasteiger partial charge in [0.1, 0.15) is 17.6 Å². The van der Waals surface area contributed by atoms with Crippen LogP contribution in [0.1, 0.15) is 24.8 Å². The second kappa shape index (κ2) is 11.9. The topological polar surface area (TPSA) is 69.3 Å². The second-order valence-electron chi connectivity index (χ2n) is 9.64. The van der Waals surface area contributed by atoms with Gasteiger partial charge in [-0.25, -0.2) is 0 Å². The van der Waals surface area contributed by atoms with Gasteiger partial charge < -0.3 is 29.2 Å². The van der Waals surface area contributed by atoms with Crippen molar-refractivity contribution in [3.8, 4) is 22.6 Å². The van der Waals surface area contributed by atoms with E-state index in [9.17, 15) is 4.79 Å². The van der Waals surface area contributed by atoms with Crippen molar-refractivity contribution in [2.45, 2.75) is 38.0 Å². The third-order valence-corrected chi connectivity index (χ3v) is 7.01. The number of ether oxygens (including phenoxy) is 4. The molecule has 0 spiro atoms. The van der Waals surface area contributed by atoms with Gasteiger partial charge in [-0.15, -0.1) is 0 Å². The molecule has 0 bridgehead atoms. The molecule has 1 atom stereocenters. The summed E-state index contributed by atoms with van der Waals surface area (Å²) in [6.45, 7) is 3.58. The number of morpholine rings is 1. The van der Waals surface area contributed by atoms with E-state index in [1.54, 1.807) is 14.2 Å². The summed E-state index contributed by atoms with van der Waals surface area (Å²) in [5, 5.41) is 5.43. The lowest BCUT2D eigenvalue weighted by Gasteiger charge is -2.31. The molecule has 1 heterocycles.